The van der Waals surface area contributed by atoms with Crippen molar-refractivity contribution in [1.82, 2.24) is 0 Å². The lowest BCUT2D eigenvalue weighted by molar-refractivity contribution is -0.162. The van der Waals surface area contributed by atoms with Crippen molar-refractivity contribution in [3.05, 3.63) is 11.6 Å². The number of carbonyl (C=O) groups is 1. The molecule has 6 nitrogen and oxygen atoms in total. The first kappa shape index (κ1) is 24.7. The highest BCUT2D eigenvalue weighted by Crippen LogP contribution is 2.29. The molecule has 0 radical (unpaired) electrons. The molecule has 3 fully saturated rings. The van der Waals surface area contributed by atoms with Crippen LogP contribution in [0.5, 0.6) is 0 Å². The summed E-state index contributed by atoms with van der Waals surface area (Å²) in [7, 11) is 0. The summed E-state index contributed by atoms with van der Waals surface area (Å²) in [6, 6.07) is 0. The van der Waals surface area contributed by atoms with Gasteiger partial charge in [0.25, 0.3) is 0 Å². The van der Waals surface area contributed by atoms with Crippen molar-refractivity contribution >= 4 is 5.97 Å². The average Bonchev–Trinajstić information content (AvgIpc) is 3.27. The number of carbonyl (C=O) groups excluding carboxylic acids is 1. The molecule has 1 unspecified atom stereocenters. The maximum atomic E-state index is 12.1. The lowest BCUT2D eigenvalue weighted by atomic mass is 10.0. The first-order chi connectivity index (χ1) is 15.0. The molecule has 0 aliphatic carbocycles. The van der Waals surface area contributed by atoms with Crippen molar-refractivity contribution in [2.75, 3.05) is 19.8 Å². The zero-order chi connectivity index (χ0) is 21.9. The number of esters is 1. The molecule has 3 atom stereocenters. The highest BCUT2D eigenvalue weighted by atomic mass is 16.7. The zero-order valence-corrected chi connectivity index (χ0v) is 19.6. The van der Waals surface area contributed by atoms with Gasteiger partial charge in [0, 0.05) is 25.2 Å². The number of rotatable bonds is 13. The van der Waals surface area contributed by atoms with Gasteiger partial charge in [-0.05, 0) is 58.4 Å². The van der Waals surface area contributed by atoms with E-state index >= 15 is 0 Å². The van der Waals surface area contributed by atoms with Gasteiger partial charge in [-0.3, -0.25) is 0 Å². The highest BCUT2D eigenvalue weighted by molar-refractivity contribution is 5.90. The lowest BCUT2D eigenvalue weighted by Crippen LogP contribution is -2.22. The van der Waals surface area contributed by atoms with Gasteiger partial charge in [-0.15, -0.1) is 0 Å². The largest absolute Gasteiger partial charge is 0.459 e. The van der Waals surface area contributed by atoms with Crippen LogP contribution in [0.2, 0.25) is 0 Å². The van der Waals surface area contributed by atoms with Gasteiger partial charge in [-0.2, -0.15) is 0 Å². The van der Waals surface area contributed by atoms with E-state index in [4.69, 9.17) is 23.7 Å². The predicted molar refractivity (Wildman–Crippen MR) is 119 cm³/mol. The normalized spacial score (nSPS) is 29.5. The Labute approximate surface area is 188 Å². The van der Waals surface area contributed by atoms with Crippen LogP contribution in [-0.4, -0.2) is 50.1 Å². The Hall–Kier alpha value is -0.950. The highest BCUT2D eigenvalue weighted by Gasteiger charge is 2.34. The molecular formula is C25H42O6. The van der Waals surface area contributed by atoms with Gasteiger partial charge in [0.2, 0.25) is 0 Å². The van der Waals surface area contributed by atoms with Crippen LogP contribution in [0.4, 0.5) is 0 Å². The van der Waals surface area contributed by atoms with E-state index < -0.39 is 5.79 Å². The lowest BCUT2D eigenvalue weighted by Gasteiger charge is -2.22. The van der Waals surface area contributed by atoms with Crippen LogP contribution in [-0.2, 0) is 28.5 Å². The molecular weight excluding hydrogens is 396 g/mol. The van der Waals surface area contributed by atoms with Crippen LogP contribution in [0.1, 0.15) is 97.3 Å². The summed E-state index contributed by atoms with van der Waals surface area (Å²) in [4.78, 5) is 12.1. The molecule has 0 aromatic carbocycles. The van der Waals surface area contributed by atoms with Gasteiger partial charge in [0.15, 0.2) is 12.1 Å². The molecule has 31 heavy (non-hydrogen) atoms. The summed E-state index contributed by atoms with van der Waals surface area (Å²) in [5, 5.41) is 0. The number of hydrogen-bond acceptors (Lipinski definition) is 6. The third-order valence-corrected chi connectivity index (χ3v) is 6.26. The molecule has 3 heterocycles. The maximum absolute atomic E-state index is 12.1. The van der Waals surface area contributed by atoms with E-state index in [1.165, 1.54) is 51.4 Å². The Bertz CT molecular complexity index is 566. The van der Waals surface area contributed by atoms with Gasteiger partial charge in [-0.25, -0.2) is 4.79 Å². The first-order valence-corrected chi connectivity index (χ1v) is 12.5. The second kappa shape index (κ2) is 12.9. The number of cyclic esters (lactones) is 1. The monoisotopic (exact) mass is 438 g/mol. The SMILES string of the molecule is CC1(C)OC[C@@H](/C=C2/C[C@@H](CCCCCCCCCCOC3CCCCO3)OC2=O)O1. The molecule has 0 bridgehead atoms. The molecule has 0 spiro atoms. The van der Waals surface area contributed by atoms with E-state index in [1.54, 1.807) is 0 Å². The predicted octanol–water partition coefficient (Wildman–Crippen LogP) is 5.43. The van der Waals surface area contributed by atoms with E-state index in [9.17, 15) is 4.79 Å². The van der Waals surface area contributed by atoms with Crippen LogP contribution in [0.25, 0.3) is 0 Å². The van der Waals surface area contributed by atoms with Crippen molar-refractivity contribution in [2.24, 2.45) is 0 Å². The number of hydrogen-bond donors (Lipinski definition) is 0. The fourth-order valence-corrected chi connectivity index (χ4v) is 4.51. The van der Waals surface area contributed by atoms with Gasteiger partial charge >= 0.3 is 5.97 Å². The van der Waals surface area contributed by atoms with Crippen LogP contribution < -0.4 is 0 Å². The molecule has 0 saturated carbocycles. The van der Waals surface area contributed by atoms with Crippen molar-refractivity contribution in [2.45, 2.75) is 122 Å². The summed E-state index contributed by atoms with van der Waals surface area (Å²) < 4.78 is 28.2. The minimum Gasteiger partial charge on any atom is -0.459 e. The molecule has 3 aliphatic heterocycles. The summed E-state index contributed by atoms with van der Waals surface area (Å²) in [5.41, 5.74) is 0.746. The number of ether oxygens (including phenoxy) is 5. The molecule has 3 rings (SSSR count). The maximum Gasteiger partial charge on any atom is 0.334 e. The fourth-order valence-electron chi connectivity index (χ4n) is 4.51. The molecule has 3 aliphatic rings. The minimum atomic E-state index is -0.568. The average molecular weight is 439 g/mol. The molecule has 0 aromatic heterocycles. The zero-order valence-electron chi connectivity index (χ0n) is 19.6. The molecule has 0 aromatic rings. The quantitative estimate of drug-likeness (QED) is 0.217. The van der Waals surface area contributed by atoms with Gasteiger partial charge in [0.1, 0.15) is 12.2 Å². The van der Waals surface area contributed by atoms with Crippen LogP contribution in [0.15, 0.2) is 11.6 Å². The summed E-state index contributed by atoms with van der Waals surface area (Å²) in [6.45, 7) is 5.97. The van der Waals surface area contributed by atoms with E-state index in [1.807, 2.05) is 19.9 Å². The third kappa shape index (κ3) is 9.21. The number of unbranched alkanes of at least 4 members (excludes halogenated alkanes) is 7. The van der Waals surface area contributed by atoms with Crippen molar-refractivity contribution in [3.63, 3.8) is 0 Å². The molecule has 0 amide bonds. The third-order valence-electron chi connectivity index (χ3n) is 6.26. The van der Waals surface area contributed by atoms with E-state index in [-0.39, 0.29) is 24.5 Å². The second-order valence-electron chi connectivity index (χ2n) is 9.57. The Morgan fingerprint density at radius 2 is 1.77 bits per heavy atom. The Morgan fingerprint density at radius 1 is 1.03 bits per heavy atom. The standard InChI is InChI=1S/C25H42O6/c1-25(2)29-19-22(31-25)18-20-17-21(30-24(20)26)13-9-7-5-3-4-6-8-11-15-27-23-14-10-12-16-28-23/h18,21-23H,3-17,19H2,1-2H3/b20-18-/t21-,22-,23?/m1/s1. The summed E-state index contributed by atoms with van der Waals surface area (Å²) in [5.74, 6) is -0.751. The van der Waals surface area contributed by atoms with Gasteiger partial charge in [0.05, 0.1) is 6.61 Å². The summed E-state index contributed by atoms with van der Waals surface area (Å²) >= 11 is 0. The smallest absolute Gasteiger partial charge is 0.334 e. The molecule has 178 valence electrons. The Balaban J connectivity index is 1.14. The van der Waals surface area contributed by atoms with Crippen molar-refractivity contribution in [3.8, 4) is 0 Å². The van der Waals surface area contributed by atoms with E-state index in [0.717, 1.165) is 44.5 Å². The van der Waals surface area contributed by atoms with Crippen LogP contribution in [0, 0.1) is 0 Å². The van der Waals surface area contributed by atoms with Crippen molar-refractivity contribution < 1.29 is 28.5 Å². The summed E-state index contributed by atoms with van der Waals surface area (Å²) in [6.07, 6.45) is 16.8. The second-order valence-corrected chi connectivity index (χ2v) is 9.57. The Morgan fingerprint density at radius 3 is 2.45 bits per heavy atom. The van der Waals surface area contributed by atoms with Crippen LogP contribution in [0.3, 0.4) is 0 Å². The van der Waals surface area contributed by atoms with Crippen molar-refractivity contribution in [1.29, 1.82) is 0 Å². The van der Waals surface area contributed by atoms with E-state index in [0.29, 0.717) is 13.0 Å². The van der Waals surface area contributed by atoms with E-state index in [2.05, 4.69) is 0 Å². The molecule has 3 saturated heterocycles. The van der Waals surface area contributed by atoms with Crippen LogP contribution >= 0.6 is 0 Å². The molecule has 6 heteroatoms. The molecule has 0 N–H and O–H groups in total. The minimum absolute atomic E-state index is 0.0298. The fraction of sp³-hybridized carbons (Fsp3) is 0.880. The topological polar surface area (TPSA) is 63.2 Å². The van der Waals surface area contributed by atoms with Gasteiger partial charge < -0.3 is 23.7 Å². The Kier molecular flexibility index (Phi) is 10.3. The first-order valence-electron chi connectivity index (χ1n) is 12.5. The van der Waals surface area contributed by atoms with Gasteiger partial charge in [-0.1, -0.05) is 38.5 Å².